The third kappa shape index (κ3) is 6.22. The molecule has 28 heavy (non-hydrogen) atoms. The van der Waals surface area contributed by atoms with E-state index in [1.54, 1.807) is 11.8 Å². The van der Waals surface area contributed by atoms with Gasteiger partial charge in [0.1, 0.15) is 6.04 Å². The van der Waals surface area contributed by atoms with E-state index in [1.807, 2.05) is 64.1 Å². The Kier molecular flexibility index (Phi) is 7.80. The van der Waals surface area contributed by atoms with E-state index in [1.165, 1.54) is 5.56 Å². The maximum Gasteiger partial charge on any atom is 0.242 e. The lowest BCUT2D eigenvalue weighted by atomic mass is 10.0. The molecular weight excluding hydrogens is 348 g/mol. The van der Waals surface area contributed by atoms with Crippen LogP contribution in [0.5, 0.6) is 0 Å². The zero-order valence-corrected chi connectivity index (χ0v) is 17.7. The molecule has 0 aromatic heterocycles. The summed E-state index contributed by atoms with van der Waals surface area (Å²) in [7, 11) is 0. The van der Waals surface area contributed by atoms with Crippen molar-refractivity contribution in [2.75, 3.05) is 6.54 Å². The van der Waals surface area contributed by atoms with Crippen molar-refractivity contribution in [3.8, 4) is 0 Å². The Morgan fingerprint density at radius 1 is 0.929 bits per heavy atom. The van der Waals surface area contributed by atoms with Crippen molar-refractivity contribution in [2.45, 2.75) is 60.0 Å². The lowest BCUT2D eigenvalue weighted by Crippen LogP contribution is -2.48. The minimum atomic E-state index is -0.522. The molecule has 1 N–H and O–H groups in total. The summed E-state index contributed by atoms with van der Waals surface area (Å²) in [4.78, 5) is 27.4. The lowest BCUT2D eigenvalue weighted by molar-refractivity contribution is -0.140. The maximum atomic E-state index is 13.2. The molecule has 0 unspecified atom stereocenters. The van der Waals surface area contributed by atoms with Gasteiger partial charge in [0, 0.05) is 13.1 Å². The van der Waals surface area contributed by atoms with Gasteiger partial charge < -0.3 is 10.2 Å². The van der Waals surface area contributed by atoms with Crippen molar-refractivity contribution in [1.82, 2.24) is 10.2 Å². The van der Waals surface area contributed by atoms with Gasteiger partial charge in [-0.25, -0.2) is 0 Å². The number of hydrogen-bond donors (Lipinski definition) is 1. The number of nitrogens with zero attached hydrogens (tertiary/aromatic N) is 1. The highest BCUT2D eigenvalue weighted by Crippen LogP contribution is 2.15. The van der Waals surface area contributed by atoms with Crippen LogP contribution >= 0.6 is 0 Å². The molecule has 0 saturated carbocycles. The summed E-state index contributed by atoms with van der Waals surface area (Å²) in [6, 6.07) is 13.7. The van der Waals surface area contributed by atoms with E-state index in [0.29, 0.717) is 19.5 Å². The van der Waals surface area contributed by atoms with Crippen LogP contribution in [-0.4, -0.2) is 29.3 Å². The Morgan fingerprint density at radius 2 is 1.54 bits per heavy atom. The predicted octanol–water partition coefficient (Wildman–Crippen LogP) is 4.10. The van der Waals surface area contributed by atoms with Gasteiger partial charge in [0.05, 0.1) is 6.42 Å². The summed E-state index contributed by atoms with van der Waals surface area (Å²) in [5, 5.41) is 2.91. The van der Waals surface area contributed by atoms with Crippen LogP contribution in [0.3, 0.4) is 0 Å². The van der Waals surface area contributed by atoms with Crippen LogP contribution < -0.4 is 5.32 Å². The van der Waals surface area contributed by atoms with E-state index in [4.69, 9.17) is 0 Å². The van der Waals surface area contributed by atoms with Gasteiger partial charge in [-0.3, -0.25) is 9.59 Å². The summed E-state index contributed by atoms with van der Waals surface area (Å²) in [5.74, 6) is -0.146. The van der Waals surface area contributed by atoms with Crippen LogP contribution in [0.1, 0.15) is 48.1 Å². The highest BCUT2D eigenvalue weighted by atomic mass is 16.2. The van der Waals surface area contributed by atoms with Gasteiger partial charge in [0.25, 0.3) is 0 Å². The summed E-state index contributed by atoms with van der Waals surface area (Å²) in [6.07, 6.45) is 1.16. The number of rotatable bonds is 8. The Labute approximate surface area is 169 Å². The summed E-state index contributed by atoms with van der Waals surface area (Å²) in [5.41, 5.74) is 5.46. The largest absolute Gasteiger partial charge is 0.354 e. The predicted molar refractivity (Wildman–Crippen MR) is 114 cm³/mol. The van der Waals surface area contributed by atoms with Crippen molar-refractivity contribution in [3.63, 3.8) is 0 Å². The van der Waals surface area contributed by atoms with E-state index >= 15 is 0 Å². The molecule has 0 radical (unpaired) electrons. The van der Waals surface area contributed by atoms with Crippen molar-refractivity contribution in [1.29, 1.82) is 0 Å². The minimum absolute atomic E-state index is 0.0373. The smallest absolute Gasteiger partial charge is 0.242 e. The molecule has 0 fully saturated rings. The van der Waals surface area contributed by atoms with E-state index < -0.39 is 6.04 Å². The molecule has 2 aromatic rings. The fourth-order valence-corrected chi connectivity index (χ4v) is 3.32. The standard InChI is InChI=1S/C24H32N2O2/c1-6-11-25-24(28)20(5)26(16-21-9-7-17(2)8-10-21)23(27)15-22-13-18(3)12-19(4)14-22/h7-10,12-14,20H,6,11,15-16H2,1-5H3,(H,25,28)/t20-/m0/s1. The monoisotopic (exact) mass is 380 g/mol. The van der Waals surface area contributed by atoms with Crippen LogP contribution in [0.15, 0.2) is 42.5 Å². The van der Waals surface area contributed by atoms with Crippen LogP contribution in [0, 0.1) is 20.8 Å². The second kappa shape index (κ2) is 10.1. The van der Waals surface area contributed by atoms with Gasteiger partial charge in [-0.15, -0.1) is 0 Å². The molecule has 0 saturated heterocycles. The number of nitrogens with one attached hydrogen (secondary N) is 1. The lowest BCUT2D eigenvalue weighted by Gasteiger charge is -2.29. The highest BCUT2D eigenvalue weighted by molar-refractivity contribution is 5.88. The summed E-state index contributed by atoms with van der Waals surface area (Å²) < 4.78 is 0. The Balaban J connectivity index is 2.23. The first-order chi connectivity index (χ1) is 13.3. The minimum Gasteiger partial charge on any atom is -0.354 e. The van der Waals surface area contributed by atoms with Crippen LogP contribution in [-0.2, 0) is 22.6 Å². The van der Waals surface area contributed by atoms with Crippen LogP contribution in [0.4, 0.5) is 0 Å². The molecule has 0 bridgehead atoms. The molecule has 2 amide bonds. The molecule has 150 valence electrons. The fraction of sp³-hybridized carbons (Fsp3) is 0.417. The number of carbonyl (C=O) groups excluding carboxylic acids is 2. The molecule has 0 aliphatic carbocycles. The average Bonchev–Trinajstić information content (AvgIpc) is 2.64. The zero-order valence-electron chi connectivity index (χ0n) is 17.7. The van der Waals surface area contributed by atoms with Gasteiger partial charge in [0.2, 0.25) is 11.8 Å². The topological polar surface area (TPSA) is 49.4 Å². The first-order valence-electron chi connectivity index (χ1n) is 10.00. The third-order valence-electron chi connectivity index (χ3n) is 4.83. The highest BCUT2D eigenvalue weighted by Gasteiger charge is 2.26. The van der Waals surface area contributed by atoms with Gasteiger partial charge in [-0.05, 0) is 45.2 Å². The Morgan fingerprint density at radius 3 is 2.11 bits per heavy atom. The zero-order chi connectivity index (χ0) is 20.7. The number of aryl methyl sites for hydroxylation is 3. The first kappa shape index (κ1) is 21.7. The normalized spacial score (nSPS) is 11.8. The van der Waals surface area contributed by atoms with Crippen LogP contribution in [0.25, 0.3) is 0 Å². The fourth-order valence-electron chi connectivity index (χ4n) is 3.32. The van der Waals surface area contributed by atoms with Gasteiger partial charge in [-0.2, -0.15) is 0 Å². The molecular formula is C24H32N2O2. The second-order valence-electron chi connectivity index (χ2n) is 7.65. The molecule has 2 rings (SSSR count). The summed E-state index contributed by atoms with van der Waals surface area (Å²) >= 11 is 0. The molecule has 1 atom stereocenters. The van der Waals surface area contributed by atoms with Crippen molar-refractivity contribution < 1.29 is 9.59 Å². The van der Waals surface area contributed by atoms with E-state index in [9.17, 15) is 9.59 Å². The van der Waals surface area contributed by atoms with Crippen molar-refractivity contribution in [2.24, 2.45) is 0 Å². The third-order valence-corrected chi connectivity index (χ3v) is 4.83. The van der Waals surface area contributed by atoms with Crippen LogP contribution in [0.2, 0.25) is 0 Å². The molecule has 0 heterocycles. The molecule has 2 aromatic carbocycles. The van der Waals surface area contributed by atoms with E-state index in [2.05, 4.69) is 11.4 Å². The maximum absolute atomic E-state index is 13.2. The molecule has 0 spiro atoms. The van der Waals surface area contributed by atoms with Gasteiger partial charge in [-0.1, -0.05) is 66.1 Å². The molecule has 4 nitrogen and oxygen atoms in total. The molecule has 0 aliphatic heterocycles. The number of carbonyl (C=O) groups is 2. The van der Waals surface area contributed by atoms with Gasteiger partial charge >= 0.3 is 0 Å². The first-order valence-corrected chi connectivity index (χ1v) is 10.00. The Hall–Kier alpha value is -2.62. The number of amides is 2. The van der Waals surface area contributed by atoms with Gasteiger partial charge in [0.15, 0.2) is 0 Å². The SMILES string of the molecule is CCCNC(=O)[C@H](C)N(Cc1ccc(C)cc1)C(=O)Cc1cc(C)cc(C)c1. The Bertz CT molecular complexity index is 792. The molecule has 0 aliphatic rings. The average molecular weight is 381 g/mol. The van der Waals surface area contributed by atoms with Crippen molar-refractivity contribution >= 4 is 11.8 Å². The van der Waals surface area contributed by atoms with Crippen molar-refractivity contribution in [3.05, 3.63) is 70.3 Å². The molecule has 4 heteroatoms. The summed E-state index contributed by atoms with van der Waals surface area (Å²) in [6.45, 7) is 11.0. The van der Waals surface area contributed by atoms with E-state index in [0.717, 1.165) is 28.7 Å². The van der Waals surface area contributed by atoms with E-state index in [-0.39, 0.29) is 11.8 Å². The number of benzene rings is 2. The number of hydrogen-bond acceptors (Lipinski definition) is 2. The quantitative estimate of drug-likeness (QED) is 0.750. The second-order valence-corrected chi connectivity index (χ2v) is 7.65.